The fraction of sp³-hybridized carbons (Fsp3) is 0. The molecule has 0 atom stereocenters. The van der Waals surface area contributed by atoms with Crippen molar-refractivity contribution in [3.63, 3.8) is 0 Å². The zero-order valence-corrected chi connectivity index (χ0v) is 11.0. The van der Waals surface area contributed by atoms with Gasteiger partial charge in [0.25, 0.3) is 0 Å². The molecular formula is C6H4N3ORb. The Morgan fingerprint density at radius 3 is 3.09 bits per heavy atom. The number of nitrogens with zero attached hydrogens (tertiary/aromatic N) is 2. The third-order valence-electron chi connectivity index (χ3n) is 1.30. The van der Waals surface area contributed by atoms with Crippen LogP contribution in [-0.2, 0) is 0 Å². The molecule has 11 heavy (non-hydrogen) atoms. The van der Waals surface area contributed by atoms with Gasteiger partial charge in [-0.3, -0.25) is 0 Å². The van der Waals surface area contributed by atoms with Gasteiger partial charge in [0.1, 0.15) is 11.2 Å². The van der Waals surface area contributed by atoms with Crippen LogP contribution in [0.3, 0.4) is 0 Å². The van der Waals surface area contributed by atoms with Gasteiger partial charge in [-0.15, -0.1) is 0 Å². The number of H-pyrrole nitrogens is 1. The Balaban J connectivity index is 0.000000605. The summed E-state index contributed by atoms with van der Waals surface area (Å²) in [6.07, 6.45) is 1.61. The second kappa shape index (κ2) is 3.75. The topological polar surface area (TPSA) is 59.9 Å². The summed E-state index contributed by atoms with van der Waals surface area (Å²) in [5, 5.41) is 6.51. The van der Waals surface area contributed by atoms with Crippen LogP contribution in [0, 0.1) is 0 Å². The van der Waals surface area contributed by atoms with Crippen molar-refractivity contribution in [1.29, 1.82) is 0 Å². The van der Waals surface area contributed by atoms with E-state index in [-0.39, 0.29) is 63.7 Å². The molecule has 0 aromatic carbocycles. The van der Waals surface area contributed by atoms with Gasteiger partial charge in [0.15, 0.2) is 0 Å². The van der Waals surface area contributed by atoms with Crippen molar-refractivity contribution in [2.75, 3.05) is 0 Å². The molecule has 0 aliphatic carbocycles. The van der Waals surface area contributed by atoms with Crippen molar-refractivity contribution in [3.8, 4) is 0 Å². The van der Waals surface area contributed by atoms with E-state index in [1.807, 2.05) is 0 Å². The molecule has 0 amide bonds. The first-order chi connectivity index (χ1) is 4.88. The van der Waals surface area contributed by atoms with Crippen LogP contribution in [0.5, 0.6) is 0 Å². The number of fused-ring (bicyclic) bond motifs is 1. The molecule has 0 radical (unpaired) electrons. The summed E-state index contributed by atoms with van der Waals surface area (Å²) < 4.78 is 0. The second-order valence-corrected chi connectivity index (χ2v) is 1.93. The van der Waals surface area contributed by atoms with E-state index in [0.717, 1.165) is 0 Å². The molecule has 4 nitrogen and oxygen atoms in total. The van der Waals surface area contributed by atoms with Gasteiger partial charge < -0.3 is 15.0 Å². The average Bonchev–Trinajstić information content (AvgIpc) is 2.34. The van der Waals surface area contributed by atoms with Gasteiger partial charge in [0.2, 0.25) is 0 Å². The predicted octanol–water partition coefficient (Wildman–Crippen LogP) is -3.12. The molecule has 0 aliphatic rings. The van der Waals surface area contributed by atoms with E-state index in [1.165, 1.54) is 0 Å². The molecule has 0 spiro atoms. The van der Waals surface area contributed by atoms with Crippen LogP contribution in [0.4, 0.5) is 0 Å². The zero-order valence-electron chi connectivity index (χ0n) is 6.03. The molecule has 5 heteroatoms. The van der Waals surface area contributed by atoms with Crippen LogP contribution in [0.1, 0.15) is 0 Å². The van der Waals surface area contributed by atoms with Gasteiger partial charge in [-0.1, -0.05) is 0 Å². The molecular weight excluding hydrogens is 216 g/mol. The van der Waals surface area contributed by atoms with E-state index in [9.17, 15) is 4.79 Å². The van der Waals surface area contributed by atoms with Gasteiger partial charge in [0, 0.05) is 11.6 Å². The summed E-state index contributed by atoms with van der Waals surface area (Å²) in [5.41, 5.74) is 0.301. The molecule has 2 rings (SSSR count). The Morgan fingerprint density at radius 2 is 2.36 bits per heavy atom. The van der Waals surface area contributed by atoms with Gasteiger partial charge in [-0.25, -0.2) is 4.98 Å². The van der Waals surface area contributed by atoms with E-state index in [1.54, 1.807) is 18.3 Å². The van der Waals surface area contributed by atoms with Crippen LogP contribution in [0.2, 0.25) is 0 Å². The van der Waals surface area contributed by atoms with Crippen molar-refractivity contribution in [1.82, 2.24) is 15.2 Å². The van der Waals surface area contributed by atoms with Gasteiger partial charge in [-0.05, 0) is 12.1 Å². The molecule has 0 aliphatic heterocycles. The summed E-state index contributed by atoms with van der Waals surface area (Å²) in [6, 6.07) is 3.40. The fourth-order valence-electron chi connectivity index (χ4n) is 0.831. The SMILES string of the molecule is O=c1[n-][nH]c2ncccc12.[Rb+]. The van der Waals surface area contributed by atoms with Gasteiger partial charge in [0.05, 0.1) is 0 Å². The van der Waals surface area contributed by atoms with Gasteiger partial charge in [-0.2, -0.15) is 0 Å². The molecule has 0 bridgehead atoms. The average molecular weight is 220 g/mol. The van der Waals surface area contributed by atoms with Crippen molar-refractivity contribution in [2.45, 2.75) is 0 Å². The van der Waals surface area contributed by atoms with Crippen LogP contribution < -0.4 is 68.8 Å². The Bertz CT molecular complexity index is 405. The van der Waals surface area contributed by atoms with E-state index in [4.69, 9.17) is 0 Å². The first-order valence-corrected chi connectivity index (χ1v) is 2.84. The van der Waals surface area contributed by atoms with Crippen LogP contribution in [-0.4, -0.2) is 10.1 Å². The van der Waals surface area contributed by atoms with Crippen LogP contribution in [0.15, 0.2) is 23.1 Å². The maximum absolute atomic E-state index is 10.8. The standard InChI is InChI=1S/C6H5N3O.Rb/c10-6-4-2-1-3-7-5(4)8-9-6;/h1-3H,(H2,7,8,9,10);/q;+1/p-1. The second-order valence-electron chi connectivity index (χ2n) is 1.93. The predicted molar refractivity (Wildman–Crippen MR) is 35.7 cm³/mol. The molecule has 0 fully saturated rings. The molecule has 2 heterocycles. The number of hydrogen-bond acceptors (Lipinski definition) is 2. The van der Waals surface area contributed by atoms with Crippen molar-refractivity contribution in [2.24, 2.45) is 0 Å². The molecule has 2 aromatic rings. The summed E-state index contributed by atoms with van der Waals surface area (Å²) in [5.74, 6) is 0. The molecule has 1 N–H and O–H groups in total. The maximum Gasteiger partial charge on any atom is 1.00 e. The van der Waals surface area contributed by atoms with Gasteiger partial charge >= 0.3 is 58.2 Å². The van der Waals surface area contributed by atoms with Crippen molar-refractivity contribution in [3.05, 3.63) is 28.7 Å². The monoisotopic (exact) mass is 219 g/mol. The quantitative estimate of drug-likeness (QED) is 0.510. The Kier molecular flexibility index (Phi) is 3.18. The van der Waals surface area contributed by atoms with E-state index >= 15 is 0 Å². The number of hydrogen-bond donors (Lipinski definition) is 1. The summed E-state index contributed by atoms with van der Waals surface area (Å²) in [6.45, 7) is 0. The Morgan fingerprint density at radius 1 is 1.55 bits per heavy atom. The zero-order chi connectivity index (χ0) is 6.97. The summed E-state index contributed by atoms with van der Waals surface area (Å²) in [7, 11) is 0. The molecule has 50 valence electrons. The van der Waals surface area contributed by atoms with E-state index < -0.39 is 0 Å². The van der Waals surface area contributed by atoms with Crippen LogP contribution in [0.25, 0.3) is 11.0 Å². The number of pyridine rings is 1. The number of nitrogens with one attached hydrogen (secondary N) is 1. The van der Waals surface area contributed by atoms with Crippen molar-refractivity contribution < 1.29 is 58.2 Å². The number of aromatic amines is 1. The maximum atomic E-state index is 10.8. The van der Waals surface area contributed by atoms with Crippen molar-refractivity contribution >= 4 is 11.0 Å². The Hall–Kier alpha value is 0.225. The number of rotatable bonds is 0. The molecule has 2 aromatic heterocycles. The summed E-state index contributed by atoms with van der Waals surface area (Å²) in [4.78, 5) is 14.7. The molecule has 0 saturated carbocycles. The Labute approximate surface area is 111 Å². The van der Waals surface area contributed by atoms with E-state index in [0.29, 0.717) is 11.0 Å². The minimum atomic E-state index is -0.247. The fourth-order valence-corrected chi connectivity index (χ4v) is 0.831. The van der Waals surface area contributed by atoms with Crippen LogP contribution >= 0.6 is 0 Å². The minimum absolute atomic E-state index is 0. The largest absolute Gasteiger partial charge is 1.00 e. The first kappa shape index (κ1) is 9.31. The first-order valence-electron chi connectivity index (χ1n) is 2.84. The normalized spacial score (nSPS) is 9.45. The minimum Gasteiger partial charge on any atom is -0.561 e. The smallest absolute Gasteiger partial charge is 0.561 e. The molecule has 0 saturated heterocycles. The number of aromatic nitrogens is 3. The molecule has 0 unspecified atom stereocenters. The third-order valence-corrected chi connectivity index (χ3v) is 1.30. The summed E-state index contributed by atoms with van der Waals surface area (Å²) >= 11 is 0. The third kappa shape index (κ3) is 1.69. The van der Waals surface area contributed by atoms with E-state index in [2.05, 4.69) is 15.2 Å².